The Kier molecular flexibility index (Phi) is 12.9. The monoisotopic (exact) mass is 615 g/mol. The molecule has 0 aliphatic carbocycles. The van der Waals surface area contributed by atoms with E-state index in [4.69, 9.17) is 38.3 Å². The molecule has 3 rings (SSSR count). The summed E-state index contributed by atoms with van der Waals surface area (Å²) in [7, 11) is 0. The van der Waals surface area contributed by atoms with Crippen molar-refractivity contribution in [2.45, 2.75) is 44.3 Å². The Morgan fingerprint density at radius 1 is 1.00 bits per heavy atom. The number of hydrogen-bond donors (Lipinski definition) is 10. The van der Waals surface area contributed by atoms with Crippen LogP contribution in [0.15, 0.2) is 40.2 Å². The summed E-state index contributed by atoms with van der Waals surface area (Å²) in [4.78, 5) is 74.4. The Morgan fingerprint density at radius 3 is 2.27 bits per heavy atom. The van der Waals surface area contributed by atoms with Gasteiger partial charge in [-0.15, -0.1) is 0 Å². The maximum atomic E-state index is 12.3. The van der Waals surface area contributed by atoms with Crippen molar-refractivity contribution >= 4 is 52.6 Å². The molecule has 14 N–H and O–H groups in total. The molecule has 1 aromatic carbocycles. The number of H-pyrrole nitrogens is 1. The van der Waals surface area contributed by atoms with Crippen molar-refractivity contribution in [3.05, 3.63) is 52.1 Å². The molecule has 19 heteroatoms. The summed E-state index contributed by atoms with van der Waals surface area (Å²) in [6.45, 7) is 0.651. The second-order valence-electron chi connectivity index (χ2n) is 9.11. The lowest BCUT2D eigenvalue weighted by Gasteiger charge is -2.14. The van der Waals surface area contributed by atoms with Crippen LogP contribution in [0.4, 0.5) is 11.6 Å². The summed E-state index contributed by atoms with van der Waals surface area (Å²) in [5.41, 5.74) is 21.8. The average Bonchev–Trinajstić information content (AvgIpc) is 2.96. The average molecular weight is 616 g/mol. The van der Waals surface area contributed by atoms with Gasteiger partial charge in [0.25, 0.3) is 11.5 Å². The van der Waals surface area contributed by atoms with Gasteiger partial charge in [-0.3, -0.25) is 29.2 Å². The van der Waals surface area contributed by atoms with E-state index < -0.39 is 41.5 Å². The van der Waals surface area contributed by atoms with Gasteiger partial charge in [-0.05, 0) is 43.5 Å². The summed E-state index contributed by atoms with van der Waals surface area (Å²) >= 11 is 0. The topological polar surface area (TPSA) is 341 Å². The lowest BCUT2D eigenvalue weighted by atomic mass is 10.1. The standard InChI is InChI=1S/C19H19N7O6.C6H14N4O2/c20-19-25-15-14(17(30)26-19)23-11(8-22-15)7-21-10-3-1-9(2-4-10)16(29)24-12(18(31)32)5-6-13(27)28;7-4(5(11)12)2-1-3-10-6(8)9/h1-4,8,12,21H,5-7H2,(H,24,29)(H,27,28)(H,31,32)(H3,20,22,25,26,30);4H,1-3,7H2,(H,11,12)(H4,8,9,10). The van der Waals surface area contributed by atoms with Gasteiger partial charge in [-0.1, -0.05) is 0 Å². The number of carbonyl (C=O) groups is 4. The highest BCUT2D eigenvalue weighted by molar-refractivity contribution is 5.97. The number of anilines is 2. The van der Waals surface area contributed by atoms with Gasteiger partial charge in [0, 0.05) is 24.2 Å². The molecule has 0 aliphatic heterocycles. The lowest BCUT2D eigenvalue weighted by Crippen LogP contribution is -2.41. The number of aromatic amines is 1. The molecule has 236 valence electrons. The number of guanidine groups is 1. The van der Waals surface area contributed by atoms with Gasteiger partial charge in [0.15, 0.2) is 17.1 Å². The summed E-state index contributed by atoms with van der Waals surface area (Å²) in [6, 6.07) is 4.04. The minimum absolute atomic E-state index is 0.0129. The fourth-order valence-electron chi connectivity index (χ4n) is 3.40. The first kappa shape index (κ1) is 34.4. The van der Waals surface area contributed by atoms with E-state index in [2.05, 4.69) is 35.6 Å². The Balaban J connectivity index is 0.000000477. The Hall–Kier alpha value is -5.85. The quantitative estimate of drug-likeness (QED) is 0.0554. The Labute approximate surface area is 248 Å². The maximum absolute atomic E-state index is 12.3. The molecule has 0 spiro atoms. The molecule has 0 fully saturated rings. The molecule has 0 saturated heterocycles. The van der Waals surface area contributed by atoms with Crippen LogP contribution >= 0.6 is 0 Å². The number of nitrogens with zero attached hydrogens (tertiary/aromatic N) is 4. The summed E-state index contributed by atoms with van der Waals surface area (Å²) < 4.78 is 0. The van der Waals surface area contributed by atoms with Gasteiger partial charge < -0.3 is 48.9 Å². The first-order chi connectivity index (χ1) is 20.8. The van der Waals surface area contributed by atoms with E-state index in [0.717, 1.165) is 0 Å². The zero-order chi connectivity index (χ0) is 32.8. The third-order valence-corrected chi connectivity index (χ3v) is 5.64. The zero-order valence-corrected chi connectivity index (χ0v) is 23.3. The molecule has 0 bridgehead atoms. The van der Waals surface area contributed by atoms with Crippen LogP contribution in [-0.2, 0) is 20.9 Å². The van der Waals surface area contributed by atoms with Crippen LogP contribution in [0, 0.1) is 0 Å². The molecule has 2 aromatic heterocycles. The molecular weight excluding hydrogens is 582 g/mol. The molecule has 3 aromatic rings. The highest BCUT2D eigenvalue weighted by atomic mass is 16.4. The molecule has 2 unspecified atom stereocenters. The van der Waals surface area contributed by atoms with Crippen molar-refractivity contribution in [2.75, 3.05) is 17.6 Å². The summed E-state index contributed by atoms with van der Waals surface area (Å²) in [6.07, 6.45) is 1.80. The van der Waals surface area contributed by atoms with E-state index in [-0.39, 0.29) is 48.0 Å². The van der Waals surface area contributed by atoms with E-state index in [0.29, 0.717) is 30.8 Å². The minimum Gasteiger partial charge on any atom is -0.481 e. The molecule has 19 nitrogen and oxygen atoms in total. The predicted octanol–water partition coefficient (Wildman–Crippen LogP) is -1.59. The number of benzene rings is 1. The summed E-state index contributed by atoms with van der Waals surface area (Å²) in [5, 5.41) is 31.6. The second kappa shape index (κ2) is 16.6. The van der Waals surface area contributed by atoms with Gasteiger partial charge in [0.1, 0.15) is 12.1 Å². The summed E-state index contributed by atoms with van der Waals surface area (Å²) in [5.74, 6) is -4.14. The number of carboxylic acid groups (broad SMARTS) is 3. The van der Waals surface area contributed by atoms with Crippen LogP contribution in [0.3, 0.4) is 0 Å². The molecular formula is C25H33N11O8. The first-order valence-electron chi connectivity index (χ1n) is 12.9. The Bertz CT molecular complexity index is 1560. The number of aliphatic imine (C=N–C) groups is 1. The molecule has 1 amide bonds. The van der Waals surface area contributed by atoms with Crippen LogP contribution in [0.5, 0.6) is 0 Å². The van der Waals surface area contributed by atoms with E-state index in [1.165, 1.54) is 18.3 Å². The van der Waals surface area contributed by atoms with Gasteiger partial charge >= 0.3 is 17.9 Å². The number of carboxylic acids is 3. The zero-order valence-electron chi connectivity index (χ0n) is 23.3. The smallest absolute Gasteiger partial charge is 0.326 e. The molecule has 0 aliphatic rings. The number of amides is 1. The van der Waals surface area contributed by atoms with Crippen molar-refractivity contribution in [1.29, 1.82) is 0 Å². The highest BCUT2D eigenvalue weighted by Gasteiger charge is 2.21. The third-order valence-electron chi connectivity index (χ3n) is 5.64. The maximum Gasteiger partial charge on any atom is 0.326 e. The number of nitrogens with one attached hydrogen (secondary N) is 3. The van der Waals surface area contributed by atoms with Crippen molar-refractivity contribution in [2.24, 2.45) is 22.2 Å². The molecule has 0 saturated carbocycles. The van der Waals surface area contributed by atoms with Crippen LogP contribution in [0.2, 0.25) is 0 Å². The second-order valence-corrected chi connectivity index (χ2v) is 9.11. The van der Waals surface area contributed by atoms with Crippen molar-refractivity contribution in [1.82, 2.24) is 25.3 Å². The van der Waals surface area contributed by atoms with E-state index in [1.807, 2.05) is 0 Å². The highest BCUT2D eigenvalue weighted by Crippen LogP contribution is 2.12. The number of aromatic nitrogens is 4. The van der Waals surface area contributed by atoms with Gasteiger partial charge in [-0.2, -0.15) is 4.98 Å². The lowest BCUT2D eigenvalue weighted by molar-refractivity contribution is -0.141. The normalized spacial score (nSPS) is 11.8. The minimum atomic E-state index is -1.31. The van der Waals surface area contributed by atoms with Crippen LogP contribution in [0.25, 0.3) is 11.2 Å². The van der Waals surface area contributed by atoms with E-state index in [9.17, 15) is 24.0 Å². The fraction of sp³-hybridized carbons (Fsp3) is 0.320. The number of carbonyl (C=O) groups excluding carboxylic acids is 1. The molecule has 2 heterocycles. The van der Waals surface area contributed by atoms with Gasteiger partial charge in [0.2, 0.25) is 5.95 Å². The van der Waals surface area contributed by atoms with E-state index in [1.54, 1.807) is 12.1 Å². The van der Waals surface area contributed by atoms with Crippen molar-refractivity contribution in [3.8, 4) is 0 Å². The third kappa shape index (κ3) is 11.6. The van der Waals surface area contributed by atoms with E-state index >= 15 is 0 Å². The van der Waals surface area contributed by atoms with Crippen molar-refractivity contribution < 1.29 is 34.5 Å². The van der Waals surface area contributed by atoms with Crippen LogP contribution in [-0.4, -0.2) is 83.7 Å². The number of aliphatic carboxylic acids is 3. The Morgan fingerprint density at radius 2 is 1.68 bits per heavy atom. The van der Waals surface area contributed by atoms with Gasteiger partial charge in [0.05, 0.1) is 18.4 Å². The SMILES string of the molecule is NC(N)=NCCCC(N)C(=O)O.Nc1nc2ncc(CNc3ccc(C(=O)NC(CCC(=O)O)C(=O)O)cc3)nc2c(=O)[nH]1. The number of fused-ring (bicyclic) bond motifs is 1. The predicted molar refractivity (Wildman–Crippen MR) is 157 cm³/mol. The van der Waals surface area contributed by atoms with Crippen LogP contribution < -0.4 is 39.1 Å². The number of nitrogens with two attached hydrogens (primary N) is 4. The fourth-order valence-corrected chi connectivity index (χ4v) is 3.40. The largest absolute Gasteiger partial charge is 0.481 e. The first-order valence-corrected chi connectivity index (χ1v) is 12.9. The number of hydrogen-bond acceptors (Lipinski definition) is 12. The number of nitrogen functional groups attached to an aromatic ring is 1. The van der Waals surface area contributed by atoms with Gasteiger partial charge in [-0.25, -0.2) is 14.8 Å². The molecule has 44 heavy (non-hydrogen) atoms. The van der Waals surface area contributed by atoms with Crippen LogP contribution in [0.1, 0.15) is 41.7 Å². The number of rotatable bonds is 14. The molecule has 2 atom stereocenters. The van der Waals surface area contributed by atoms with Crippen molar-refractivity contribution in [3.63, 3.8) is 0 Å². The molecule has 0 radical (unpaired) electrons.